The van der Waals surface area contributed by atoms with E-state index in [1.54, 1.807) is 41.1 Å². The van der Waals surface area contributed by atoms with Gasteiger partial charge in [0.2, 0.25) is 0 Å². The van der Waals surface area contributed by atoms with Gasteiger partial charge in [0.05, 0.1) is 17.3 Å². The van der Waals surface area contributed by atoms with Crippen LogP contribution in [0, 0.1) is 0 Å². The van der Waals surface area contributed by atoms with E-state index in [9.17, 15) is 4.79 Å². The van der Waals surface area contributed by atoms with E-state index in [4.69, 9.17) is 9.47 Å². The summed E-state index contributed by atoms with van der Waals surface area (Å²) in [6.07, 6.45) is 2.25. The van der Waals surface area contributed by atoms with E-state index in [1.807, 2.05) is 5.38 Å². The fraction of sp³-hybridized carbons (Fsp3) is 0.375. The van der Waals surface area contributed by atoms with Crippen LogP contribution < -0.4 is 10.1 Å². The lowest BCUT2D eigenvalue weighted by Crippen LogP contribution is -2.31. The number of hydrogen-bond donors (Lipinski definition) is 1. The Balaban J connectivity index is 1.48. The van der Waals surface area contributed by atoms with Crippen LogP contribution in [-0.4, -0.2) is 30.1 Å². The lowest BCUT2D eigenvalue weighted by atomic mass is 10.2. The number of nitrogens with one attached hydrogen (secondary N) is 1. The Morgan fingerprint density at radius 3 is 2.95 bits per heavy atom. The number of carbonyl (C=O) groups is 1. The average molecular weight is 318 g/mol. The zero-order chi connectivity index (χ0) is 15.2. The van der Waals surface area contributed by atoms with Crippen molar-refractivity contribution >= 4 is 17.2 Å². The molecule has 1 saturated heterocycles. The molecule has 1 N–H and O–H groups in total. The maximum absolute atomic E-state index is 12.0. The molecule has 0 spiro atoms. The van der Waals surface area contributed by atoms with Gasteiger partial charge in [0.25, 0.3) is 5.91 Å². The lowest BCUT2D eigenvalue weighted by molar-refractivity contribution is 0.0857. The number of thiazole rings is 1. The van der Waals surface area contributed by atoms with Crippen LogP contribution in [0.2, 0.25) is 0 Å². The first-order valence-corrected chi connectivity index (χ1v) is 8.25. The predicted molar refractivity (Wildman–Crippen MR) is 84.2 cm³/mol. The van der Waals surface area contributed by atoms with E-state index in [-0.39, 0.29) is 12.0 Å². The molecule has 1 atom stereocenters. The monoisotopic (exact) mass is 318 g/mol. The van der Waals surface area contributed by atoms with Gasteiger partial charge in [-0.25, -0.2) is 4.98 Å². The minimum atomic E-state index is -0.0819. The van der Waals surface area contributed by atoms with Gasteiger partial charge in [-0.1, -0.05) is 0 Å². The topological polar surface area (TPSA) is 60.5 Å². The normalized spacial score (nSPS) is 17.4. The number of amides is 1. The number of rotatable bonds is 6. The van der Waals surface area contributed by atoms with Crippen LogP contribution >= 0.6 is 11.3 Å². The fourth-order valence-corrected chi connectivity index (χ4v) is 2.83. The molecule has 1 aromatic carbocycles. The van der Waals surface area contributed by atoms with E-state index in [0.717, 1.165) is 30.9 Å². The number of benzene rings is 1. The van der Waals surface area contributed by atoms with Crippen molar-refractivity contribution < 1.29 is 14.3 Å². The van der Waals surface area contributed by atoms with E-state index in [1.165, 1.54) is 0 Å². The third-order valence-corrected chi connectivity index (χ3v) is 4.14. The number of hydrogen-bond acceptors (Lipinski definition) is 5. The summed E-state index contributed by atoms with van der Waals surface area (Å²) in [6.45, 7) is 1.81. The fourth-order valence-electron chi connectivity index (χ4n) is 2.28. The summed E-state index contributed by atoms with van der Waals surface area (Å²) in [4.78, 5) is 16.2. The molecule has 2 aromatic rings. The predicted octanol–water partition coefficient (Wildman–Crippen LogP) is 2.63. The van der Waals surface area contributed by atoms with Crippen molar-refractivity contribution in [3.05, 3.63) is 46.4 Å². The van der Waals surface area contributed by atoms with Gasteiger partial charge >= 0.3 is 0 Å². The van der Waals surface area contributed by atoms with Crippen molar-refractivity contribution in [2.24, 2.45) is 0 Å². The van der Waals surface area contributed by atoms with Crippen molar-refractivity contribution in [3.8, 4) is 5.75 Å². The summed E-state index contributed by atoms with van der Waals surface area (Å²) < 4.78 is 11.1. The van der Waals surface area contributed by atoms with Gasteiger partial charge in [-0.05, 0) is 37.1 Å². The smallest absolute Gasteiger partial charge is 0.251 e. The Hall–Kier alpha value is -1.92. The van der Waals surface area contributed by atoms with Crippen LogP contribution in [0.25, 0.3) is 0 Å². The summed E-state index contributed by atoms with van der Waals surface area (Å²) in [6, 6.07) is 7.13. The van der Waals surface area contributed by atoms with Crippen LogP contribution in [-0.2, 0) is 11.3 Å². The molecule has 0 saturated carbocycles. The molecule has 1 aliphatic heterocycles. The molecule has 0 bridgehead atoms. The second-order valence-electron chi connectivity index (χ2n) is 5.14. The Kier molecular flexibility index (Phi) is 5.03. The molecular formula is C16H18N2O3S. The molecule has 1 amide bonds. The summed E-state index contributed by atoms with van der Waals surface area (Å²) in [5.41, 5.74) is 3.31. The van der Waals surface area contributed by atoms with E-state index < -0.39 is 0 Å². The maximum Gasteiger partial charge on any atom is 0.251 e. The third-order valence-electron chi connectivity index (χ3n) is 3.50. The summed E-state index contributed by atoms with van der Waals surface area (Å²) in [7, 11) is 0. The van der Waals surface area contributed by atoms with Crippen molar-refractivity contribution in [1.82, 2.24) is 10.3 Å². The largest absolute Gasteiger partial charge is 0.487 e. The Bertz CT molecular complexity index is 592. The van der Waals surface area contributed by atoms with E-state index in [0.29, 0.717) is 18.7 Å². The Morgan fingerprint density at radius 1 is 1.41 bits per heavy atom. The summed E-state index contributed by atoms with van der Waals surface area (Å²) >= 11 is 1.54. The first kappa shape index (κ1) is 15.0. The minimum Gasteiger partial charge on any atom is -0.487 e. The van der Waals surface area contributed by atoms with Crippen molar-refractivity contribution in [3.63, 3.8) is 0 Å². The highest BCUT2D eigenvalue weighted by Crippen LogP contribution is 2.15. The molecule has 22 heavy (non-hydrogen) atoms. The first-order valence-electron chi connectivity index (χ1n) is 7.31. The number of nitrogens with zero attached hydrogens (tertiary/aromatic N) is 1. The molecule has 1 aliphatic rings. The first-order chi connectivity index (χ1) is 10.8. The second-order valence-corrected chi connectivity index (χ2v) is 5.86. The van der Waals surface area contributed by atoms with Crippen LogP contribution in [0.1, 0.15) is 28.9 Å². The molecule has 0 aliphatic carbocycles. The Labute approximate surface area is 133 Å². The molecule has 5 nitrogen and oxygen atoms in total. The van der Waals surface area contributed by atoms with Gasteiger partial charge in [0.1, 0.15) is 12.4 Å². The van der Waals surface area contributed by atoms with Crippen LogP contribution in [0.4, 0.5) is 0 Å². The summed E-state index contributed by atoms with van der Waals surface area (Å²) in [5, 5.41) is 4.85. The van der Waals surface area contributed by atoms with Crippen LogP contribution in [0.5, 0.6) is 5.75 Å². The van der Waals surface area contributed by atoms with E-state index >= 15 is 0 Å². The van der Waals surface area contributed by atoms with Gasteiger partial charge in [-0.15, -0.1) is 11.3 Å². The molecule has 3 rings (SSSR count). The van der Waals surface area contributed by atoms with Crippen LogP contribution in [0.3, 0.4) is 0 Å². The van der Waals surface area contributed by atoms with Crippen molar-refractivity contribution in [1.29, 1.82) is 0 Å². The maximum atomic E-state index is 12.0. The SMILES string of the molecule is O=C(NCC1CCCO1)c1ccc(OCc2cscn2)cc1. The molecule has 6 heteroatoms. The zero-order valence-electron chi connectivity index (χ0n) is 12.2. The number of ether oxygens (including phenoxy) is 2. The Morgan fingerprint density at radius 2 is 2.27 bits per heavy atom. The zero-order valence-corrected chi connectivity index (χ0v) is 13.0. The molecule has 116 valence electrons. The second kappa shape index (κ2) is 7.38. The average Bonchev–Trinajstić information content (AvgIpc) is 3.24. The standard InChI is InChI=1S/C16H18N2O3S/c19-16(17-8-15-2-1-7-20-15)12-3-5-14(6-4-12)21-9-13-10-22-11-18-13/h3-6,10-11,15H,1-2,7-9H2,(H,17,19). The van der Waals surface area contributed by atoms with E-state index in [2.05, 4.69) is 10.3 Å². The van der Waals surface area contributed by atoms with Gasteiger partial charge in [-0.2, -0.15) is 0 Å². The quantitative estimate of drug-likeness (QED) is 0.889. The highest BCUT2D eigenvalue weighted by molar-refractivity contribution is 7.07. The number of aromatic nitrogens is 1. The van der Waals surface area contributed by atoms with Gasteiger partial charge in [0.15, 0.2) is 0 Å². The molecule has 1 aromatic heterocycles. The highest BCUT2D eigenvalue weighted by atomic mass is 32.1. The minimum absolute atomic E-state index is 0.0819. The van der Waals surface area contributed by atoms with Gasteiger partial charge < -0.3 is 14.8 Å². The van der Waals surface area contributed by atoms with Gasteiger partial charge in [0, 0.05) is 24.1 Å². The lowest BCUT2D eigenvalue weighted by Gasteiger charge is -2.11. The molecule has 2 heterocycles. The molecule has 1 fully saturated rings. The van der Waals surface area contributed by atoms with Gasteiger partial charge in [-0.3, -0.25) is 4.79 Å². The molecule has 1 unspecified atom stereocenters. The molecule has 0 radical (unpaired) electrons. The highest BCUT2D eigenvalue weighted by Gasteiger charge is 2.16. The van der Waals surface area contributed by atoms with Crippen molar-refractivity contribution in [2.45, 2.75) is 25.6 Å². The summed E-state index contributed by atoms with van der Waals surface area (Å²) in [5.74, 6) is 0.644. The third kappa shape index (κ3) is 4.05. The molecular weight excluding hydrogens is 300 g/mol. The van der Waals surface area contributed by atoms with Crippen LogP contribution in [0.15, 0.2) is 35.2 Å². The van der Waals surface area contributed by atoms with Crippen molar-refractivity contribution in [2.75, 3.05) is 13.2 Å². The number of carbonyl (C=O) groups excluding carboxylic acids is 1.